The number of amides is 1. The Bertz CT molecular complexity index is 404. The normalized spacial score (nSPS) is 23.9. The van der Waals surface area contributed by atoms with Gasteiger partial charge < -0.3 is 15.2 Å². The predicted octanol–water partition coefficient (Wildman–Crippen LogP) is 0.0503. The van der Waals surface area contributed by atoms with Gasteiger partial charge in [0, 0.05) is 6.42 Å². The van der Waals surface area contributed by atoms with Crippen molar-refractivity contribution in [1.29, 1.82) is 0 Å². The molecule has 0 radical (unpaired) electrons. The zero-order chi connectivity index (χ0) is 11.5. The third-order valence-corrected chi connectivity index (χ3v) is 2.30. The van der Waals surface area contributed by atoms with E-state index in [0.717, 1.165) is 0 Å². The minimum absolute atomic E-state index is 0.0946. The number of aliphatic hydroxyl groups is 1. The Morgan fingerprint density at radius 3 is 2.62 bits per heavy atom. The van der Waals surface area contributed by atoms with E-state index in [2.05, 4.69) is 5.32 Å². The molecule has 1 aromatic carbocycles. The lowest BCUT2D eigenvalue weighted by atomic mass is 10.2. The average Bonchev–Trinajstić information content (AvgIpc) is 2.59. The van der Waals surface area contributed by atoms with Gasteiger partial charge in [-0.1, -0.05) is 18.2 Å². The summed E-state index contributed by atoms with van der Waals surface area (Å²) in [6, 6.07) is 8.47. The Labute approximate surface area is 92.0 Å². The fourth-order valence-electron chi connectivity index (χ4n) is 1.47. The van der Waals surface area contributed by atoms with Crippen LogP contribution in [0.1, 0.15) is 16.8 Å². The molecule has 0 aromatic heterocycles. The molecule has 1 aliphatic heterocycles. The Morgan fingerprint density at radius 2 is 2.06 bits per heavy atom. The van der Waals surface area contributed by atoms with Gasteiger partial charge in [-0.05, 0) is 12.1 Å². The van der Waals surface area contributed by atoms with E-state index in [-0.39, 0.29) is 6.42 Å². The minimum Gasteiger partial charge on any atom is -0.438 e. The summed E-state index contributed by atoms with van der Waals surface area (Å²) in [5.74, 6) is -1.02. The van der Waals surface area contributed by atoms with E-state index in [1.54, 1.807) is 30.3 Å². The molecule has 0 saturated carbocycles. The van der Waals surface area contributed by atoms with Crippen LogP contribution in [0.3, 0.4) is 0 Å². The van der Waals surface area contributed by atoms with E-state index in [1.165, 1.54) is 0 Å². The van der Waals surface area contributed by atoms with Crippen molar-refractivity contribution in [3.05, 3.63) is 35.9 Å². The number of carbonyl (C=O) groups is 2. The zero-order valence-corrected chi connectivity index (χ0v) is 8.42. The molecular formula is C11H11NO4. The highest BCUT2D eigenvalue weighted by atomic mass is 16.6. The van der Waals surface area contributed by atoms with Crippen molar-refractivity contribution in [2.24, 2.45) is 0 Å². The van der Waals surface area contributed by atoms with Crippen LogP contribution < -0.4 is 5.32 Å². The van der Waals surface area contributed by atoms with Crippen LogP contribution in [0.5, 0.6) is 0 Å². The standard InChI is InChI=1S/C11H11NO4/c13-8-6-9(12-10(8)14)16-11(15)7-4-2-1-3-5-7/h1-5,8-9,13H,6H2,(H,12,14). The summed E-state index contributed by atoms with van der Waals surface area (Å²) in [5.41, 5.74) is 0.415. The van der Waals surface area contributed by atoms with Crippen molar-refractivity contribution < 1.29 is 19.4 Å². The molecule has 16 heavy (non-hydrogen) atoms. The van der Waals surface area contributed by atoms with Crippen LogP contribution in [-0.4, -0.2) is 29.3 Å². The van der Waals surface area contributed by atoms with Crippen molar-refractivity contribution in [2.75, 3.05) is 0 Å². The monoisotopic (exact) mass is 221 g/mol. The molecular weight excluding hydrogens is 210 g/mol. The maximum Gasteiger partial charge on any atom is 0.340 e. The number of rotatable bonds is 2. The first-order valence-electron chi connectivity index (χ1n) is 4.91. The summed E-state index contributed by atoms with van der Waals surface area (Å²) >= 11 is 0. The third kappa shape index (κ3) is 2.20. The predicted molar refractivity (Wildman–Crippen MR) is 54.4 cm³/mol. The highest BCUT2D eigenvalue weighted by Crippen LogP contribution is 2.11. The summed E-state index contributed by atoms with van der Waals surface area (Å²) in [5, 5.41) is 11.5. The van der Waals surface area contributed by atoms with Gasteiger partial charge in [0.1, 0.15) is 6.10 Å². The molecule has 1 amide bonds. The number of benzene rings is 1. The number of ether oxygens (including phenoxy) is 1. The first-order valence-corrected chi connectivity index (χ1v) is 4.91. The number of esters is 1. The highest BCUT2D eigenvalue weighted by molar-refractivity contribution is 5.90. The number of nitrogens with one attached hydrogen (secondary N) is 1. The van der Waals surface area contributed by atoms with Crippen LogP contribution in [-0.2, 0) is 9.53 Å². The van der Waals surface area contributed by atoms with E-state index in [1.807, 2.05) is 0 Å². The summed E-state index contributed by atoms with van der Waals surface area (Å²) in [6.45, 7) is 0. The van der Waals surface area contributed by atoms with Crippen LogP contribution in [0.15, 0.2) is 30.3 Å². The molecule has 5 nitrogen and oxygen atoms in total. The van der Waals surface area contributed by atoms with Crippen molar-refractivity contribution in [1.82, 2.24) is 5.32 Å². The van der Waals surface area contributed by atoms with Gasteiger partial charge in [0.15, 0.2) is 6.23 Å². The number of carbonyl (C=O) groups excluding carboxylic acids is 2. The van der Waals surface area contributed by atoms with Gasteiger partial charge in [-0.2, -0.15) is 0 Å². The van der Waals surface area contributed by atoms with Gasteiger partial charge >= 0.3 is 5.97 Å². The van der Waals surface area contributed by atoms with Gasteiger partial charge in [-0.25, -0.2) is 4.79 Å². The van der Waals surface area contributed by atoms with Crippen LogP contribution in [0.25, 0.3) is 0 Å². The molecule has 0 bridgehead atoms. The second-order valence-corrected chi connectivity index (χ2v) is 3.52. The Hall–Kier alpha value is -1.88. The summed E-state index contributed by atoms with van der Waals surface area (Å²) < 4.78 is 5.01. The minimum atomic E-state index is -1.09. The first kappa shape index (κ1) is 10.6. The number of aliphatic hydroxyl groups excluding tert-OH is 1. The zero-order valence-electron chi connectivity index (χ0n) is 8.42. The largest absolute Gasteiger partial charge is 0.438 e. The SMILES string of the molecule is O=C(OC1CC(O)C(=O)N1)c1ccccc1. The quantitative estimate of drug-likeness (QED) is 0.692. The molecule has 1 fully saturated rings. The van der Waals surface area contributed by atoms with Gasteiger partial charge in [-0.15, -0.1) is 0 Å². The second kappa shape index (κ2) is 4.32. The van der Waals surface area contributed by atoms with E-state index in [4.69, 9.17) is 9.84 Å². The Kier molecular flexibility index (Phi) is 2.87. The highest BCUT2D eigenvalue weighted by Gasteiger charge is 2.32. The molecule has 1 heterocycles. The molecule has 0 aliphatic carbocycles. The van der Waals surface area contributed by atoms with E-state index in [9.17, 15) is 9.59 Å². The fourth-order valence-corrected chi connectivity index (χ4v) is 1.47. The van der Waals surface area contributed by atoms with Gasteiger partial charge in [0.25, 0.3) is 5.91 Å². The molecule has 2 rings (SSSR count). The van der Waals surface area contributed by atoms with Crippen LogP contribution in [0, 0.1) is 0 Å². The third-order valence-electron chi connectivity index (χ3n) is 2.30. The molecule has 5 heteroatoms. The van der Waals surface area contributed by atoms with Crippen molar-refractivity contribution in [3.8, 4) is 0 Å². The molecule has 2 N–H and O–H groups in total. The lowest BCUT2D eigenvalue weighted by Crippen LogP contribution is -2.31. The van der Waals surface area contributed by atoms with E-state index < -0.39 is 24.2 Å². The van der Waals surface area contributed by atoms with Crippen molar-refractivity contribution >= 4 is 11.9 Å². The summed E-state index contributed by atoms with van der Waals surface area (Å²) in [6.07, 6.45) is -1.74. The number of hydrogen-bond donors (Lipinski definition) is 2. The molecule has 84 valence electrons. The Balaban J connectivity index is 1.97. The van der Waals surface area contributed by atoms with Crippen molar-refractivity contribution in [3.63, 3.8) is 0 Å². The summed E-state index contributed by atoms with van der Waals surface area (Å²) in [4.78, 5) is 22.5. The van der Waals surface area contributed by atoms with Gasteiger partial charge in [0.2, 0.25) is 0 Å². The fraction of sp³-hybridized carbons (Fsp3) is 0.273. The van der Waals surface area contributed by atoms with Crippen LogP contribution >= 0.6 is 0 Å². The average molecular weight is 221 g/mol. The molecule has 2 unspecified atom stereocenters. The topological polar surface area (TPSA) is 75.6 Å². The molecule has 1 saturated heterocycles. The molecule has 0 spiro atoms. The van der Waals surface area contributed by atoms with Crippen molar-refractivity contribution in [2.45, 2.75) is 18.8 Å². The smallest absolute Gasteiger partial charge is 0.340 e. The summed E-state index contributed by atoms with van der Waals surface area (Å²) in [7, 11) is 0. The van der Waals surface area contributed by atoms with Gasteiger partial charge in [-0.3, -0.25) is 4.79 Å². The number of hydrogen-bond acceptors (Lipinski definition) is 4. The van der Waals surface area contributed by atoms with Gasteiger partial charge in [0.05, 0.1) is 5.56 Å². The molecule has 2 atom stereocenters. The van der Waals surface area contributed by atoms with Crippen LogP contribution in [0.2, 0.25) is 0 Å². The molecule has 1 aliphatic rings. The second-order valence-electron chi connectivity index (χ2n) is 3.52. The maximum absolute atomic E-state index is 11.6. The lowest BCUT2D eigenvalue weighted by Gasteiger charge is -2.11. The Morgan fingerprint density at radius 1 is 1.38 bits per heavy atom. The first-order chi connectivity index (χ1) is 7.66. The maximum atomic E-state index is 11.6. The van der Waals surface area contributed by atoms with E-state index >= 15 is 0 Å². The molecule has 1 aromatic rings. The van der Waals surface area contributed by atoms with E-state index in [0.29, 0.717) is 5.56 Å². The lowest BCUT2D eigenvalue weighted by molar-refractivity contribution is -0.126. The van der Waals surface area contributed by atoms with Crippen LogP contribution in [0.4, 0.5) is 0 Å².